The molecule has 6 heteroatoms. The molecule has 0 saturated heterocycles. The van der Waals surface area contributed by atoms with Crippen LogP contribution in [0.25, 0.3) is 0 Å². The highest BCUT2D eigenvalue weighted by Gasteiger charge is 2.19. The van der Waals surface area contributed by atoms with Crippen molar-refractivity contribution >= 4 is 17.6 Å². The van der Waals surface area contributed by atoms with Gasteiger partial charge < -0.3 is 19.5 Å². The molecule has 0 fully saturated rings. The standard InChI is InChI=1S/C21H23NO5/c1-13-4-5-14(2)17(10-13)22-21(24)15(3)27-20(23)9-7-16-6-8-18-19(11-16)26-12-25-18/h4-6,8,10-11,15H,7,9,12H2,1-3H3,(H,22,24). The minimum atomic E-state index is -0.867. The zero-order chi connectivity index (χ0) is 19.4. The SMILES string of the molecule is Cc1ccc(C)c(NC(=O)C(C)OC(=O)CCc2ccc3c(c2)OCO3)c1. The summed E-state index contributed by atoms with van der Waals surface area (Å²) in [5.41, 5.74) is 3.67. The first kappa shape index (κ1) is 18.8. The molecule has 0 aromatic heterocycles. The van der Waals surface area contributed by atoms with E-state index in [1.165, 1.54) is 0 Å². The van der Waals surface area contributed by atoms with Crippen LogP contribution >= 0.6 is 0 Å². The predicted octanol–water partition coefficient (Wildman–Crippen LogP) is 3.54. The molecule has 142 valence electrons. The van der Waals surface area contributed by atoms with Crippen LogP contribution in [0.1, 0.15) is 30.0 Å². The molecule has 1 heterocycles. The Kier molecular flexibility index (Phi) is 5.64. The molecule has 1 N–H and O–H groups in total. The predicted molar refractivity (Wildman–Crippen MR) is 101 cm³/mol. The van der Waals surface area contributed by atoms with Gasteiger partial charge in [-0.3, -0.25) is 9.59 Å². The highest BCUT2D eigenvalue weighted by molar-refractivity contribution is 5.95. The van der Waals surface area contributed by atoms with Crippen LogP contribution in [0.4, 0.5) is 5.69 Å². The number of amides is 1. The second-order valence-corrected chi connectivity index (χ2v) is 6.63. The Morgan fingerprint density at radius 1 is 1.11 bits per heavy atom. The summed E-state index contributed by atoms with van der Waals surface area (Å²) in [6.07, 6.45) is -0.184. The Balaban J connectivity index is 1.49. The summed E-state index contributed by atoms with van der Waals surface area (Å²) < 4.78 is 15.9. The molecule has 1 unspecified atom stereocenters. The highest BCUT2D eigenvalue weighted by atomic mass is 16.7. The van der Waals surface area contributed by atoms with Crippen LogP contribution in [0.3, 0.4) is 0 Å². The number of esters is 1. The van der Waals surface area contributed by atoms with Crippen molar-refractivity contribution in [1.29, 1.82) is 0 Å². The zero-order valence-corrected chi connectivity index (χ0v) is 15.7. The second kappa shape index (κ2) is 8.12. The molecule has 27 heavy (non-hydrogen) atoms. The lowest BCUT2D eigenvalue weighted by Gasteiger charge is -2.15. The third-order valence-electron chi connectivity index (χ3n) is 4.38. The van der Waals surface area contributed by atoms with E-state index in [4.69, 9.17) is 14.2 Å². The number of carbonyl (C=O) groups is 2. The van der Waals surface area contributed by atoms with Gasteiger partial charge in [0.15, 0.2) is 17.6 Å². The number of hydrogen-bond acceptors (Lipinski definition) is 5. The number of benzene rings is 2. The van der Waals surface area contributed by atoms with Gasteiger partial charge in [0.25, 0.3) is 5.91 Å². The molecule has 2 aromatic rings. The van der Waals surface area contributed by atoms with Gasteiger partial charge in [-0.1, -0.05) is 18.2 Å². The fraction of sp³-hybridized carbons (Fsp3) is 0.333. The van der Waals surface area contributed by atoms with E-state index in [2.05, 4.69) is 5.32 Å². The average Bonchev–Trinajstić information content (AvgIpc) is 3.10. The van der Waals surface area contributed by atoms with E-state index in [0.29, 0.717) is 17.9 Å². The minimum absolute atomic E-state index is 0.181. The van der Waals surface area contributed by atoms with Crippen LogP contribution in [-0.2, 0) is 20.7 Å². The number of ether oxygens (including phenoxy) is 3. The molecule has 1 aliphatic rings. The fourth-order valence-corrected chi connectivity index (χ4v) is 2.76. The molecule has 2 aromatic carbocycles. The van der Waals surface area contributed by atoms with E-state index in [0.717, 1.165) is 22.4 Å². The quantitative estimate of drug-likeness (QED) is 0.789. The second-order valence-electron chi connectivity index (χ2n) is 6.63. The zero-order valence-electron chi connectivity index (χ0n) is 15.7. The molecule has 0 aliphatic carbocycles. The summed E-state index contributed by atoms with van der Waals surface area (Å²) in [5.74, 6) is 0.622. The number of rotatable bonds is 6. The van der Waals surface area contributed by atoms with E-state index < -0.39 is 12.1 Å². The largest absolute Gasteiger partial charge is 0.454 e. The smallest absolute Gasteiger partial charge is 0.306 e. The molecular formula is C21H23NO5. The topological polar surface area (TPSA) is 73.9 Å². The minimum Gasteiger partial charge on any atom is -0.454 e. The molecule has 3 rings (SSSR count). The molecule has 0 radical (unpaired) electrons. The summed E-state index contributed by atoms with van der Waals surface area (Å²) in [5, 5.41) is 2.81. The Labute approximate surface area is 158 Å². The van der Waals surface area contributed by atoms with Crippen molar-refractivity contribution in [3.05, 3.63) is 53.1 Å². The third-order valence-corrected chi connectivity index (χ3v) is 4.38. The van der Waals surface area contributed by atoms with Gasteiger partial charge in [0.05, 0.1) is 0 Å². The van der Waals surface area contributed by atoms with Crippen molar-refractivity contribution in [2.75, 3.05) is 12.1 Å². The van der Waals surface area contributed by atoms with Crippen molar-refractivity contribution in [3.63, 3.8) is 0 Å². The summed E-state index contributed by atoms with van der Waals surface area (Å²) in [7, 11) is 0. The first-order chi connectivity index (χ1) is 12.9. The Morgan fingerprint density at radius 3 is 2.70 bits per heavy atom. The van der Waals surface area contributed by atoms with E-state index in [1.807, 2.05) is 50.2 Å². The normalized spacial score (nSPS) is 13.1. The van der Waals surface area contributed by atoms with E-state index in [-0.39, 0.29) is 19.1 Å². The van der Waals surface area contributed by atoms with Crippen LogP contribution in [0, 0.1) is 13.8 Å². The Bertz CT molecular complexity index is 862. The van der Waals surface area contributed by atoms with E-state index in [1.54, 1.807) is 6.92 Å². The van der Waals surface area contributed by atoms with E-state index >= 15 is 0 Å². The molecule has 0 spiro atoms. The molecule has 0 bridgehead atoms. The lowest BCUT2D eigenvalue weighted by Crippen LogP contribution is -2.30. The van der Waals surface area contributed by atoms with Crippen LogP contribution in [-0.4, -0.2) is 24.8 Å². The van der Waals surface area contributed by atoms with Crippen LogP contribution in [0.2, 0.25) is 0 Å². The monoisotopic (exact) mass is 369 g/mol. The van der Waals surface area contributed by atoms with Crippen molar-refractivity contribution in [2.45, 2.75) is 39.7 Å². The van der Waals surface area contributed by atoms with Gasteiger partial charge in [-0.2, -0.15) is 0 Å². The van der Waals surface area contributed by atoms with Gasteiger partial charge in [0.2, 0.25) is 6.79 Å². The highest BCUT2D eigenvalue weighted by Crippen LogP contribution is 2.32. The van der Waals surface area contributed by atoms with Gasteiger partial charge >= 0.3 is 5.97 Å². The maximum atomic E-state index is 12.3. The molecular weight excluding hydrogens is 346 g/mol. The van der Waals surface area contributed by atoms with Gasteiger partial charge in [0, 0.05) is 12.1 Å². The van der Waals surface area contributed by atoms with Crippen LogP contribution in [0.5, 0.6) is 11.5 Å². The summed E-state index contributed by atoms with van der Waals surface area (Å²) in [4.78, 5) is 24.4. The lowest BCUT2D eigenvalue weighted by molar-refractivity contribution is -0.153. The van der Waals surface area contributed by atoms with Crippen molar-refractivity contribution in [1.82, 2.24) is 0 Å². The maximum absolute atomic E-state index is 12.3. The Hall–Kier alpha value is -3.02. The number of aryl methyl sites for hydroxylation is 3. The molecule has 0 saturated carbocycles. The fourth-order valence-electron chi connectivity index (χ4n) is 2.76. The molecule has 6 nitrogen and oxygen atoms in total. The lowest BCUT2D eigenvalue weighted by atomic mass is 10.1. The van der Waals surface area contributed by atoms with Crippen LogP contribution < -0.4 is 14.8 Å². The summed E-state index contributed by atoms with van der Waals surface area (Å²) >= 11 is 0. The van der Waals surface area contributed by atoms with Crippen molar-refractivity contribution in [3.8, 4) is 11.5 Å². The molecule has 1 atom stereocenters. The first-order valence-electron chi connectivity index (χ1n) is 8.88. The summed E-state index contributed by atoms with van der Waals surface area (Å²) in [6.45, 7) is 5.65. The third kappa shape index (κ3) is 4.78. The van der Waals surface area contributed by atoms with Crippen molar-refractivity contribution in [2.24, 2.45) is 0 Å². The number of carbonyl (C=O) groups excluding carboxylic acids is 2. The van der Waals surface area contributed by atoms with Gasteiger partial charge in [-0.05, 0) is 62.1 Å². The van der Waals surface area contributed by atoms with Gasteiger partial charge in [-0.25, -0.2) is 0 Å². The van der Waals surface area contributed by atoms with Crippen molar-refractivity contribution < 1.29 is 23.8 Å². The van der Waals surface area contributed by atoms with Crippen LogP contribution in [0.15, 0.2) is 36.4 Å². The molecule has 1 aliphatic heterocycles. The first-order valence-corrected chi connectivity index (χ1v) is 8.88. The maximum Gasteiger partial charge on any atom is 0.306 e. The number of hydrogen-bond donors (Lipinski definition) is 1. The molecule has 1 amide bonds. The number of fused-ring (bicyclic) bond motifs is 1. The number of anilines is 1. The summed E-state index contributed by atoms with van der Waals surface area (Å²) in [6, 6.07) is 11.4. The van der Waals surface area contributed by atoms with Gasteiger partial charge in [0.1, 0.15) is 0 Å². The van der Waals surface area contributed by atoms with Gasteiger partial charge in [-0.15, -0.1) is 0 Å². The average molecular weight is 369 g/mol. The number of nitrogens with one attached hydrogen (secondary N) is 1. The Morgan fingerprint density at radius 2 is 1.89 bits per heavy atom. The van der Waals surface area contributed by atoms with E-state index in [9.17, 15) is 9.59 Å².